The normalized spacial score (nSPS) is 18.4. The number of halogens is 3. The lowest BCUT2D eigenvalue weighted by atomic mass is 9.80. The molecule has 1 amide bonds. The van der Waals surface area contributed by atoms with E-state index in [4.69, 9.17) is 9.57 Å². The van der Waals surface area contributed by atoms with E-state index >= 15 is 0 Å². The number of fused-ring (bicyclic) bond motifs is 1. The Morgan fingerprint density at radius 3 is 2.22 bits per heavy atom. The number of esters is 1. The highest BCUT2D eigenvalue weighted by atomic mass is 32.2. The van der Waals surface area contributed by atoms with Crippen LogP contribution in [0, 0.1) is 5.41 Å². The Bertz CT molecular complexity index is 2370. The van der Waals surface area contributed by atoms with E-state index in [2.05, 4.69) is 11.6 Å². The lowest BCUT2D eigenvalue weighted by molar-refractivity contribution is -0.181. The van der Waals surface area contributed by atoms with Crippen LogP contribution in [0.4, 0.5) is 18.9 Å². The zero-order valence-electron chi connectivity index (χ0n) is 32.6. The smallest absolute Gasteiger partial charge is 0.416 e. The first kappa shape index (κ1) is 45.6. The van der Waals surface area contributed by atoms with Gasteiger partial charge in [0.1, 0.15) is 5.75 Å². The monoisotopic (exact) mass is 847 g/mol. The zero-order chi connectivity index (χ0) is 43.4. The summed E-state index contributed by atoms with van der Waals surface area (Å²) in [5, 5.41) is 0.833. The first-order chi connectivity index (χ1) is 26.8. The Labute approximate surface area is 335 Å². The summed E-state index contributed by atoms with van der Waals surface area (Å²) in [6.07, 6.45) is 7.49. The molecule has 2 aliphatic rings. The molecule has 13 nitrogen and oxygen atoms in total. The fourth-order valence-corrected chi connectivity index (χ4v) is 7.36. The molecule has 2 heterocycles. The molecule has 0 saturated carbocycles. The maximum absolute atomic E-state index is 13.3. The predicted molar refractivity (Wildman–Crippen MR) is 212 cm³/mol. The van der Waals surface area contributed by atoms with E-state index in [0.29, 0.717) is 33.9 Å². The number of nitrogens with zero attached hydrogens (tertiary/aromatic N) is 3. The number of carbonyl (C=O) groups excluding carboxylic acids is 2. The molecule has 0 unspecified atom stereocenters. The van der Waals surface area contributed by atoms with Gasteiger partial charge in [0.15, 0.2) is 6.61 Å². The molecule has 0 bridgehead atoms. The number of hydrogen-bond acceptors (Lipinski definition) is 10. The first-order valence-electron chi connectivity index (χ1n) is 17.6. The van der Waals surface area contributed by atoms with Crippen LogP contribution < -0.4 is 9.64 Å². The molecule has 58 heavy (non-hydrogen) atoms. The van der Waals surface area contributed by atoms with E-state index in [1.807, 2.05) is 32.6 Å². The molecule has 2 aliphatic heterocycles. The summed E-state index contributed by atoms with van der Waals surface area (Å²) in [5.41, 5.74) is 1.39. The van der Waals surface area contributed by atoms with E-state index < -0.39 is 67.0 Å². The van der Waals surface area contributed by atoms with Gasteiger partial charge in [-0.2, -0.15) is 30.0 Å². The molecule has 0 spiro atoms. The van der Waals surface area contributed by atoms with Crippen molar-refractivity contribution >= 4 is 43.5 Å². The second-order valence-corrected chi connectivity index (χ2v) is 17.3. The highest BCUT2D eigenvalue weighted by Crippen LogP contribution is 2.48. The molecule has 0 fully saturated rings. The van der Waals surface area contributed by atoms with Crippen molar-refractivity contribution in [3.8, 4) is 5.75 Å². The van der Waals surface area contributed by atoms with Gasteiger partial charge in [-0.25, -0.2) is 9.86 Å². The van der Waals surface area contributed by atoms with Crippen molar-refractivity contribution in [2.75, 3.05) is 30.9 Å². The fourth-order valence-electron chi connectivity index (χ4n) is 6.36. The Kier molecular flexibility index (Phi) is 13.7. The molecule has 0 radical (unpaired) electrons. The molecular weight excluding hydrogens is 804 g/mol. The maximum Gasteiger partial charge on any atom is 0.416 e. The van der Waals surface area contributed by atoms with Gasteiger partial charge in [0, 0.05) is 41.4 Å². The summed E-state index contributed by atoms with van der Waals surface area (Å²) in [4.78, 5) is 37.0. The van der Waals surface area contributed by atoms with Crippen LogP contribution in [-0.4, -0.2) is 74.5 Å². The van der Waals surface area contributed by atoms with Crippen LogP contribution in [0.1, 0.15) is 52.2 Å². The number of aliphatic imine (C=N–C) groups is 1. The SMILES string of the molecule is C=C1N=C(/C=C/C=C/C=C2/N(CCCS(=O)(=O)O)c3ccc(S(=O)(=O)O)cc3C2(C)C)C(C)(C)/C1=C/C(=C\C)C(=O)N(C)OCC(=O)Oc1ccc(C(F)(F)F)cc1. The predicted octanol–water partition coefficient (Wildman–Crippen LogP) is 7.19. The van der Waals surface area contributed by atoms with Crippen molar-refractivity contribution in [2.45, 2.75) is 57.5 Å². The van der Waals surface area contributed by atoms with Gasteiger partial charge in [-0.3, -0.25) is 23.7 Å². The van der Waals surface area contributed by atoms with Crippen LogP contribution in [-0.2, 0) is 46.3 Å². The summed E-state index contributed by atoms with van der Waals surface area (Å²) < 4.78 is 109. The summed E-state index contributed by atoms with van der Waals surface area (Å²) >= 11 is 0. The van der Waals surface area contributed by atoms with Crippen LogP contribution in [0.15, 0.2) is 124 Å². The quantitative estimate of drug-likeness (QED) is 0.0491. The second-order valence-electron chi connectivity index (χ2n) is 14.3. The largest absolute Gasteiger partial charge is 0.425 e. The van der Waals surface area contributed by atoms with E-state index in [-0.39, 0.29) is 29.2 Å². The maximum atomic E-state index is 13.3. The number of ether oxygens (including phenoxy) is 1. The third-order valence-corrected chi connectivity index (χ3v) is 11.1. The van der Waals surface area contributed by atoms with Gasteiger partial charge in [0.2, 0.25) is 0 Å². The van der Waals surface area contributed by atoms with E-state index in [0.717, 1.165) is 29.3 Å². The third-order valence-electron chi connectivity index (χ3n) is 9.49. The van der Waals surface area contributed by atoms with Crippen LogP contribution in [0.25, 0.3) is 0 Å². The molecule has 2 N–H and O–H groups in total. The lowest BCUT2D eigenvalue weighted by Gasteiger charge is -2.27. The van der Waals surface area contributed by atoms with Crippen molar-refractivity contribution < 1.29 is 58.3 Å². The van der Waals surface area contributed by atoms with Gasteiger partial charge in [0.05, 0.1) is 27.6 Å². The van der Waals surface area contributed by atoms with Crippen LogP contribution in [0.5, 0.6) is 5.75 Å². The number of amides is 1. The van der Waals surface area contributed by atoms with Crippen molar-refractivity contribution in [3.05, 3.63) is 125 Å². The molecule has 2 aromatic carbocycles. The highest BCUT2D eigenvalue weighted by molar-refractivity contribution is 7.86. The highest BCUT2D eigenvalue weighted by Gasteiger charge is 2.41. The first-order valence-corrected chi connectivity index (χ1v) is 20.7. The minimum absolute atomic E-state index is 0.0805. The fraction of sp³-hybridized carbons (Fsp3) is 0.325. The van der Waals surface area contributed by atoms with Gasteiger partial charge in [-0.1, -0.05) is 58.6 Å². The van der Waals surface area contributed by atoms with Crippen molar-refractivity contribution in [2.24, 2.45) is 10.4 Å². The molecule has 0 atom stereocenters. The van der Waals surface area contributed by atoms with E-state index in [9.17, 15) is 48.7 Å². The number of hydrogen-bond donors (Lipinski definition) is 2. The van der Waals surface area contributed by atoms with Crippen molar-refractivity contribution in [3.63, 3.8) is 0 Å². The molecule has 18 heteroatoms. The zero-order valence-corrected chi connectivity index (χ0v) is 34.2. The van der Waals surface area contributed by atoms with Crippen LogP contribution in [0.3, 0.4) is 0 Å². The number of hydroxylamine groups is 2. The summed E-state index contributed by atoms with van der Waals surface area (Å²) in [7, 11) is -7.42. The summed E-state index contributed by atoms with van der Waals surface area (Å²) in [6, 6.07) is 7.72. The van der Waals surface area contributed by atoms with Gasteiger partial charge in [-0.15, -0.1) is 0 Å². The second kappa shape index (κ2) is 17.4. The Morgan fingerprint density at radius 1 is 0.983 bits per heavy atom. The van der Waals surface area contributed by atoms with Crippen molar-refractivity contribution in [1.82, 2.24) is 5.06 Å². The average molecular weight is 848 g/mol. The number of allylic oxidation sites excluding steroid dienone is 8. The average Bonchev–Trinajstić information content (AvgIpc) is 3.46. The molecule has 2 aromatic rings. The molecule has 0 saturated heterocycles. The summed E-state index contributed by atoms with van der Waals surface area (Å²) in [5.74, 6) is -2.16. The Hall–Kier alpha value is -5.14. The van der Waals surface area contributed by atoms with Gasteiger partial charge in [-0.05, 0) is 85.2 Å². The number of alkyl halides is 3. The molecule has 312 valence electrons. The van der Waals surface area contributed by atoms with E-state index in [1.165, 1.54) is 19.2 Å². The Morgan fingerprint density at radius 2 is 1.64 bits per heavy atom. The van der Waals surface area contributed by atoms with Crippen LogP contribution >= 0.6 is 0 Å². The number of carbonyl (C=O) groups is 2. The topological polar surface area (TPSA) is 180 Å². The van der Waals surface area contributed by atoms with Gasteiger partial charge in [0.25, 0.3) is 26.1 Å². The van der Waals surface area contributed by atoms with E-state index in [1.54, 1.807) is 55.5 Å². The molecule has 0 aliphatic carbocycles. The lowest BCUT2D eigenvalue weighted by Crippen LogP contribution is -2.31. The number of rotatable bonds is 14. The molecule has 4 rings (SSSR count). The Balaban J connectivity index is 1.45. The molecule has 0 aromatic heterocycles. The molecular formula is C40H44F3N3O10S2. The minimum atomic E-state index is -4.55. The number of anilines is 1. The minimum Gasteiger partial charge on any atom is -0.425 e. The number of benzene rings is 2. The number of likely N-dealkylation sites (N-methyl/N-ethyl adjacent to an activating group) is 1. The van der Waals surface area contributed by atoms with Gasteiger partial charge >= 0.3 is 12.1 Å². The van der Waals surface area contributed by atoms with Crippen LogP contribution in [0.2, 0.25) is 0 Å². The summed E-state index contributed by atoms with van der Waals surface area (Å²) in [6.45, 7) is 12.7. The van der Waals surface area contributed by atoms with Crippen molar-refractivity contribution in [1.29, 1.82) is 0 Å². The van der Waals surface area contributed by atoms with Gasteiger partial charge < -0.3 is 9.64 Å². The standard InChI is InChI=1S/C40H44F3N3O10S2/c1-8-27(37(48)45(7)55-25-36(47)56-29-17-15-28(16-18-29)40(41,42)43)23-31-26(2)44-34(38(31,3)4)13-10-9-11-14-35-39(5,6)32-24-30(58(52,53)54)19-20-33(32)46(35)21-12-22-57(49,50)51/h8-11,13-20,23-24H,2,12,21-22,25H2,1,3-7H3,(H,49,50,51)(H,52,53,54)/b11-9+,13-10+,27-8+,31-23+,35-14+. The third kappa shape index (κ3) is 10.9.